The van der Waals surface area contributed by atoms with E-state index in [-0.39, 0.29) is 19.1 Å². The molecule has 0 saturated heterocycles. The van der Waals surface area contributed by atoms with Crippen LogP contribution in [-0.2, 0) is 18.4 Å². The van der Waals surface area contributed by atoms with Gasteiger partial charge in [0.1, 0.15) is 13.2 Å². The lowest BCUT2D eigenvalue weighted by atomic mass is 10.0. The highest BCUT2D eigenvalue weighted by atomic mass is 31.2. The van der Waals surface area contributed by atoms with Gasteiger partial charge in [0.15, 0.2) is 0 Å². The topological polar surface area (TPSA) is 105 Å². The number of phosphoric acid groups is 1. The van der Waals surface area contributed by atoms with E-state index in [1.807, 2.05) is 27.2 Å². The third-order valence-corrected chi connectivity index (χ3v) is 17.5. The largest absolute Gasteiger partial charge is 0.472 e. The number of hydrogen-bond donors (Lipinski definition) is 3. The lowest BCUT2D eigenvalue weighted by molar-refractivity contribution is -0.870. The van der Waals surface area contributed by atoms with Gasteiger partial charge in [0.2, 0.25) is 5.91 Å². The number of likely N-dealkylation sites (N-methyl/N-ethyl adjacent to an activating group) is 1. The number of allylic oxidation sites excluding steroid dienone is 25. The van der Waals surface area contributed by atoms with Crippen molar-refractivity contribution in [3.63, 3.8) is 0 Å². The van der Waals surface area contributed by atoms with E-state index in [4.69, 9.17) is 9.05 Å². The fraction of sp³-hybridized carbons (Fsp3) is 0.679. The number of nitrogens with zero attached hydrogens (tertiary/aromatic N) is 1. The van der Waals surface area contributed by atoms with Crippen molar-refractivity contribution in [3.05, 3.63) is 158 Å². The number of phosphoric ester groups is 1. The van der Waals surface area contributed by atoms with Crippen molar-refractivity contribution in [3.8, 4) is 0 Å². The summed E-state index contributed by atoms with van der Waals surface area (Å²) in [6, 6.07) is -0.889. The van der Waals surface area contributed by atoms with Gasteiger partial charge in [-0.3, -0.25) is 13.8 Å². The first-order chi connectivity index (χ1) is 45.5. The molecule has 0 aliphatic heterocycles. The summed E-state index contributed by atoms with van der Waals surface area (Å²) in [4.78, 5) is 23.5. The van der Waals surface area contributed by atoms with Gasteiger partial charge in [-0.25, -0.2) is 4.57 Å². The number of aliphatic hydroxyl groups is 1. The molecule has 0 fully saturated rings. The molecular formula is C84H146N2O6P+. The standard InChI is InChI=1S/C84H145N2O6P/c1-6-8-10-12-14-16-18-20-22-24-26-28-30-32-34-36-38-40-41-42-43-44-45-46-48-50-52-54-56-58-60-62-64-66-68-70-72-74-76-78-84(88)85-82(81-92-93(89,90)91-80-79-86(3,4)5)83(87)77-75-73-71-69-67-65-63-61-59-57-55-53-51-49-47-39-37-35-33-31-29-27-25-23-21-19-17-15-13-11-9-7-2/h8,10,14,16,20,22,26,28,32,34,38,40,42-43,45-46,50,52,56,58,62,64,67,69,75,77,82-83,87H,6-7,9,11-13,15,17-19,21,23-25,27,29-31,33,35-37,39,41,44,47-49,51,53-55,57,59-61,63,65-66,68,70-74,76,78-81H2,1-5H3,(H-,85,88,89,90)/p+1/b10-8-,16-14-,22-20-,28-26-,34-32-,40-38-,43-42-,46-45-,52-50-,58-56-,64-62-,69-67+,77-75+. The lowest BCUT2D eigenvalue weighted by Crippen LogP contribution is -2.45. The third kappa shape index (κ3) is 75.4. The zero-order valence-corrected chi connectivity index (χ0v) is 61.8. The second-order valence-electron chi connectivity index (χ2n) is 26.6. The van der Waals surface area contributed by atoms with E-state index < -0.39 is 20.0 Å². The molecular weight excluding hydrogens is 1160 g/mol. The first-order valence-corrected chi connectivity index (χ1v) is 39.9. The first-order valence-electron chi connectivity index (χ1n) is 38.4. The van der Waals surface area contributed by atoms with Crippen molar-refractivity contribution >= 4 is 13.7 Å². The van der Waals surface area contributed by atoms with Gasteiger partial charge < -0.3 is 19.8 Å². The Labute approximate surface area is 575 Å². The molecule has 0 radical (unpaired) electrons. The zero-order valence-electron chi connectivity index (χ0n) is 60.9. The molecule has 3 unspecified atom stereocenters. The molecule has 3 N–H and O–H groups in total. The highest BCUT2D eigenvalue weighted by Crippen LogP contribution is 2.43. The number of aliphatic hydroxyl groups excluding tert-OH is 1. The number of amides is 1. The molecule has 0 aliphatic carbocycles. The molecule has 0 aromatic carbocycles. The number of carbonyl (C=O) groups is 1. The number of nitrogens with one attached hydrogen (secondary N) is 1. The predicted molar refractivity (Wildman–Crippen MR) is 410 cm³/mol. The molecule has 1 amide bonds. The van der Waals surface area contributed by atoms with E-state index >= 15 is 0 Å². The van der Waals surface area contributed by atoms with Crippen molar-refractivity contribution in [1.82, 2.24) is 5.32 Å². The van der Waals surface area contributed by atoms with Gasteiger partial charge in [-0.1, -0.05) is 352 Å². The quantitative estimate of drug-likeness (QED) is 0.0243. The van der Waals surface area contributed by atoms with Gasteiger partial charge in [0, 0.05) is 6.42 Å². The van der Waals surface area contributed by atoms with Gasteiger partial charge in [-0.05, 0) is 116 Å². The summed E-state index contributed by atoms with van der Waals surface area (Å²) in [7, 11) is 1.53. The van der Waals surface area contributed by atoms with Crippen molar-refractivity contribution in [1.29, 1.82) is 0 Å². The number of carbonyl (C=O) groups excluding carboxylic acids is 1. The summed E-state index contributed by atoms with van der Waals surface area (Å²) in [5, 5.41) is 14.0. The van der Waals surface area contributed by atoms with E-state index in [2.05, 4.69) is 165 Å². The molecule has 0 spiro atoms. The van der Waals surface area contributed by atoms with Crippen LogP contribution in [0, 0.1) is 0 Å². The Morgan fingerprint density at radius 3 is 0.989 bits per heavy atom. The Kier molecular flexibility index (Phi) is 69.4. The van der Waals surface area contributed by atoms with Crippen LogP contribution >= 0.6 is 7.82 Å². The smallest absolute Gasteiger partial charge is 0.387 e. The average molecular weight is 1310 g/mol. The molecule has 9 heteroatoms. The SMILES string of the molecule is CC/C=C\C/C=C\C/C=C\C/C=C\C/C=C\C/C=C\C/C=C\C/C=C\C/C=C\C/C=C\C/C=C\CCCCCCCC(=O)NC(COP(=O)(O)OCC[N+](C)(C)C)C(O)/C=C/CC/C=C/CCCCCCCCCCCCCCCCCCCCCCCCCCCC. The first kappa shape index (κ1) is 89.1. The Bertz CT molecular complexity index is 2080. The minimum atomic E-state index is -4.38. The molecule has 0 aromatic rings. The zero-order chi connectivity index (χ0) is 67.6. The molecule has 0 aliphatic rings. The van der Waals surface area contributed by atoms with Crippen LogP contribution in [0.15, 0.2) is 158 Å². The highest BCUT2D eigenvalue weighted by molar-refractivity contribution is 7.47. The Morgan fingerprint density at radius 1 is 0.376 bits per heavy atom. The molecule has 8 nitrogen and oxygen atoms in total. The molecule has 0 bridgehead atoms. The van der Waals surface area contributed by atoms with Crippen LogP contribution in [0.3, 0.4) is 0 Å². The van der Waals surface area contributed by atoms with E-state index in [9.17, 15) is 19.4 Å². The summed E-state index contributed by atoms with van der Waals surface area (Å²) in [6.45, 7) is 4.68. The second-order valence-corrected chi connectivity index (χ2v) is 28.1. The van der Waals surface area contributed by atoms with Crippen LogP contribution in [0.2, 0.25) is 0 Å². The Morgan fingerprint density at radius 2 is 0.656 bits per heavy atom. The van der Waals surface area contributed by atoms with Gasteiger partial charge in [-0.15, -0.1) is 0 Å². The second kappa shape index (κ2) is 72.4. The highest BCUT2D eigenvalue weighted by Gasteiger charge is 2.28. The Balaban J connectivity index is 4.18. The van der Waals surface area contributed by atoms with Crippen molar-refractivity contribution < 1.29 is 32.9 Å². The summed E-state index contributed by atoms with van der Waals surface area (Å²) in [6.07, 6.45) is 113. The number of unbranched alkanes of at least 4 members (excludes halogenated alkanes) is 32. The van der Waals surface area contributed by atoms with Crippen LogP contribution in [-0.4, -0.2) is 73.4 Å². The van der Waals surface area contributed by atoms with Crippen molar-refractivity contribution in [2.75, 3.05) is 40.9 Å². The maximum absolute atomic E-state index is 13.1. The van der Waals surface area contributed by atoms with Gasteiger partial charge in [0.05, 0.1) is 39.9 Å². The fourth-order valence-corrected chi connectivity index (χ4v) is 11.3. The van der Waals surface area contributed by atoms with E-state index in [1.165, 1.54) is 167 Å². The van der Waals surface area contributed by atoms with Crippen LogP contribution in [0.5, 0.6) is 0 Å². The molecule has 0 rings (SSSR count). The molecule has 0 heterocycles. The maximum atomic E-state index is 13.1. The summed E-state index contributed by atoms with van der Waals surface area (Å²) < 4.78 is 23.8. The summed E-state index contributed by atoms with van der Waals surface area (Å²) in [5.74, 6) is -0.209. The summed E-state index contributed by atoms with van der Waals surface area (Å²) >= 11 is 0. The predicted octanol–water partition coefficient (Wildman–Crippen LogP) is 25.3. The van der Waals surface area contributed by atoms with Gasteiger partial charge >= 0.3 is 7.82 Å². The normalized spacial score (nSPS) is 14.4. The minimum Gasteiger partial charge on any atom is -0.387 e. The Hall–Kier alpha value is -3.88. The lowest BCUT2D eigenvalue weighted by Gasteiger charge is -2.25. The molecule has 532 valence electrons. The molecule has 93 heavy (non-hydrogen) atoms. The third-order valence-electron chi connectivity index (χ3n) is 16.5. The number of hydrogen-bond acceptors (Lipinski definition) is 5. The van der Waals surface area contributed by atoms with Crippen LogP contribution in [0.1, 0.15) is 316 Å². The van der Waals surface area contributed by atoms with Crippen LogP contribution in [0.25, 0.3) is 0 Å². The van der Waals surface area contributed by atoms with Crippen molar-refractivity contribution in [2.24, 2.45) is 0 Å². The summed E-state index contributed by atoms with van der Waals surface area (Å²) in [5.41, 5.74) is 0. The van der Waals surface area contributed by atoms with Crippen molar-refractivity contribution in [2.45, 2.75) is 328 Å². The molecule has 0 aromatic heterocycles. The minimum absolute atomic E-state index is 0.0441. The average Bonchev–Trinajstić information content (AvgIpc) is 1.94. The molecule has 0 saturated carbocycles. The monoisotopic (exact) mass is 1310 g/mol. The van der Waals surface area contributed by atoms with Gasteiger partial charge in [-0.2, -0.15) is 0 Å². The maximum Gasteiger partial charge on any atom is 0.472 e. The fourth-order valence-electron chi connectivity index (χ4n) is 10.6. The van der Waals surface area contributed by atoms with Crippen LogP contribution in [0.4, 0.5) is 0 Å². The van der Waals surface area contributed by atoms with E-state index in [1.54, 1.807) is 6.08 Å². The van der Waals surface area contributed by atoms with E-state index in [0.29, 0.717) is 17.4 Å². The van der Waals surface area contributed by atoms with Crippen LogP contribution < -0.4 is 5.32 Å². The van der Waals surface area contributed by atoms with Gasteiger partial charge in [0.25, 0.3) is 0 Å². The number of rotatable bonds is 69. The molecule has 3 atom stereocenters. The number of quaternary nitrogens is 1. The van der Waals surface area contributed by atoms with E-state index in [0.717, 1.165) is 128 Å².